The van der Waals surface area contributed by atoms with E-state index in [0.29, 0.717) is 5.15 Å². The molecule has 0 radical (unpaired) electrons. The van der Waals surface area contributed by atoms with Crippen LogP contribution in [0.2, 0.25) is 5.15 Å². The standard InChI is InChI=1S/C16H19ClN2/c1-5-14-12(4)18-15(19-16(14)17)9-13-7-6-10(2)11(3)8-13/h6-8H,5,9H2,1-4H3. The van der Waals surface area contributed by atoms with E-state index in [2.05, 4.69) is 48.9 Å². The fourth-order valence-electron chi connectivity index (χ4n) is 2.19. The van der Waals surface area contributed by atoms with Gasteiger partial charge in [-0.1, -0.05) is 36.7 Å². The average molecular weight is 275 g/mol. The minimum absolute atomic E-state index is 0.592. The molecule has 0 aliphatic rings. The number of aryl methyl sites for hydroxylation is 3. The number of benzene rings is 1. The highest BCUT2D eigenvalue weighted by atomic mass is 35.5. The minimum Gasteiger partial charge on any atom is -0.237 e. The first kappa shape index (κ1) is 14.0. The molecule has 19 heavy (non-hydrogen) atoms. The topological polar surface area (TPSA) is 25.8 Å². The number of halogens is 1. The Bertz CT molecular complexity index is 583. The van der Waals surface area contributed by atoms with Gasteiger partial charge >= 0.3 is 0 Å². The normalized spacial score (nSPS) is 10.8. The van der Waals surface area contributed by atoms with E-state index in [0.717, 1.165) is 29.9 Å². The largest absolute Gasteiger partial charge is 0.237 e. The molecule has 2 rings (SSSR count). The second-order valence-corrected chi connectivity index (χ2v) is 5.30. The van der Waals surface area contributed by atoms with Gasteiger partial charge in [0.15, 0.2) is 0 Å². The maximum Gasteiger partial charge on any atom is 0.136 e. The molecule has 0 bridgehead atoms. The molecule has 0 aliphatic carbocycles. The molecule has 2 aromatic rings. The highest BCUT2D eigenvalue weighted by Gasteiger charge is 2.09. The lowest BCUT2D eigenvalue weighted by atomic mass is 10.0. The van der Waals surface area contributed by atoms with E-state index in [1.807, 2.05) is 6.92 Å². The van der Waals surface area contributed by atoms with Crippen LogP contribution < -0.4 is 0 Å². The van der Waals surface area contributed by atoms with Crippen molar-refractivity contribution in [1.82, 2.24) is 9.97 Å². The smallest absolute Gasteiger partial charge is 0.136 e. The molecule has 2 nitrogen and oxygen atoms in total. The van der Waals surface area contributed by atoms with Crippen LogP contribution in [0.25, 0.3) is 0 Å². The SMILES string of the molecule is CCc1c(C)nc(Cc2ccc(C)c(C)c2)nc1Cl. The maximum atomic E-state index is 6.21. The number of rotatable bonds is 3. The molecule has 0 N–H and O–H groups in total. The fourth-order valence-corrected chi connectivity index (χ4v) is 2.56. The van der Waals surface area contributed by atoms with Gasteiger partial charge in [0.2, 0.25) is 0 Å². The molecule has 1 heterocycles. The lowest BCUT2D eigenvalue weighted by Gasteiger charge is -2.09. The zero-order chi connectivity index (χ0) is 14.0. The van der Waals surface area contributed by atoms with Gasteiger partial charge < -0.3 is 0 Å². The van der Waals surface area contributed by atoms with Crippen molar-refractivity contribution in [1.29, 1.82) is 0 Å². The van der Waals surface area contributed by atoms with Gasteiger partial charge in [-0.3, -0.25) is 0 Å². The van der Waals surface area contributed by atoms with Crippen molar-refractivity contribution < 1.29 is 0 Å². The first-order valence-electron chi connectivity index (χ1n) is 6.59. The summed E-state index contributed by atoms with van der Waals surface area (Å²) in [5.41, 5.74) is 5.86. The Kier molecular flexibility index (Phi) is 4.20. The quantitative estimate of drug-likeness (QED) is 0.784. The van der Waals surface area contributed by atoms with E-state index in [1.54, 1.807) is 0 Å². The van der Waals surface area contributed by atoms with Crippen molar-refractivity contribution in [2.24, 2.45) is 0 Å². The van der Waals surface area contributed by atoms with Gasteiger partial charge in [0.1, 0.15) is 11.0 Å². The van der Waals surface area contributed by atoms with Crippen LogP contribution in [0.15, 0.2) is 18.2 Å². The third kappa shape index (κ3) is 3.13. The molecular weight excluding hydrogens is 256 g/mol. The second-order valence-electron chi connectivity index (χ2n) is 4.94. The van der Waals surface area contributed by atoms with Crippen LogP contribution in [0.1, 0.15) is 40.7 Å². The number of hydrogen-bond acceptors (Lipinski definition) is 2. The van der Waals surface area contributed by atoms with E-state index >= 15 is 0 Å². The molecule has 0 fully saturated rings. The predicted molar refractivity (Wildman–Crippen MR) is 79.9 cm³/mol. The van der Waals surface area contributed by atoms with Crippen LogP contribution in [-0.2, 0) is 12.8 Å². The summed E-state index contributed by atoms with van der Waals surface area (Å²) in [5.74, 6) is 0.794. The lowest BCUT2D eigenvalue weighted by Crippen LogP contribution is -2.03. The Hall–Kier alpha value is -1.41. The summed E-state index contributed by atoms with van der Waals surface area (Å²) in [6.07, 6.45) is 1.60. The Morgan fingerprint density at radius 3 is 2.37 bits per heavy atom. The molecule has 1 aromatic heterocycles. The van der Waals surface area contributed by atoms with Gasteiger partial charge in [-0.05, 0) is 43.9 Å². The van der Waals surface area contributed by atoms with Crippen LogP contribution in [0.3, 0.4) is 0 Å². The Morgan fingerprint density at radius 1 is 1.05 bits per heavy atom. The van der Waals surface area contributed by atoms with Crippen molar-refractivity contribution in [3.63, 3.8) is 0 Å². The van der Waals surface area contributed by atoms with E-state index in [4.69, 9.17) is 11.6 Å². The van der Waals surface area contributed by atoms with E-state index < -0.39 is 0 Å². The van der Waals surface area contributed by atoms with E-state index in [-0.39, 0.29) is 0 Å². The molecule has 1 aromatic carbocycles. The highest BCUT2D eigenvalue weighted by Crippen LogP contribution is 2.19. The summed E-state index contributed by atoms with van der Waals surface area (Å²) in [5, 5.41) is 0.592. The van der Waals surface area contributed by atoms with Gasteiger partial charge in [-0.15, -0.1) is 0 Å². The van der Waals surface area contributed by atoms with Crippen molar-refractivity contribution >= 4 is 11.6 Å². The summed E-state index contributed by atoms with van der Waals surface area (Å²) >= 11 is 6.21. The van der Waals surface area contributed by atoms with Crippen LogP contribution in [0.5, 0.6) is 0 Å². The van der Waals surface area contributed by atoms with Gasteiger partial charge in [-0.25, -0.2) is 9.97 Å². The van der Waals surface area contributed by atoms with Crippen molar-refractivity contribution in [3.8, 4) is 0 Å². The van der Waals surface area contributed by atoms with Crippen LogP contribution >= 0.6 is 11.6 Å². The molecular formula is C16H19ClN2. The molecule has 0 aliphatic heterocycles. The molecule has 3 heteroatoms. The molecule has 100 valence electrons. The van der Waals surface area contributed by atoms with E-state index in [9.17, 15) is 0 Å². The summed E-state index contributed by atoms with van der Waals surface area (Å²) < 4.78 is 0. The predicted octanol–water partition coefficient (Wildman–Crippen LogP) is 4.21. The average Bonchev–Trinajstić information content (AvgIpc) is 2.33. The maximum absolute atomic E-state index is 6.21. The molecule has 0 amide bonds. The molecule has 0 atom stereocenters. The molecule has 0 unspecified atom stereocenters. The Labute approximate surface area is 119 Å². The monoisotopic (exact) mass is 274 g/mol. The lowest BCUT2D eigenvalue weighted by molar-refractivity contribution is 0.904. The zero-order valence-electron chi connectivity index (χ0n) is 11.9. The molecule has 0 saturated carbocycles. The van der Waals surface area contributed by atoms with E-state index in [1.165, 1.54) is 16.7 Å². The third-order valence-corrected chi connectivity index (χ3v) is 3.81. The van der Waals surface area contributed by atoms with Gasteiger partial charge in [-0.2, -0.15) is 0 Å². The van der Waals surface area contributed by atoms with Crippen LogP contribution in [0.4, 0.5) is 0 Å². The van der Waals surface area contributed by atoms with Crippen molar-refractivity contribution in [3.05, 3.63) is 57.1 Å². The third-order valence-electron chi connectivity index (χ3n) is 3.50. The van der Waals surface area contributed by atoms with Crippen molar-refractivity contribution in [2.75, 3.05) is 0 Å². The number of hydrogen-bond donors (Lipinski definition) is 0. The fraction of sp³-hybridized carbons (Fsp3) is 0.375. The minimum atomic E-state index is 0.592. The first-order chi connectivity index (χ1) is 9.01. The number of nitrogens with zero attached hydrogens (tertiary/aromatic N) is 2. The first-order valence-corrected chi connectivity index (χ1v) is 6.97. The van der Waals surface area contributed by atoms with Crippen LogP contribution in [-0.4, -0.2) is 9.97 Å². The second kappa shape index (κ2) is 5.70. The molecule has 0 saturated heterocycles. The molecule has 0 spiro atoms. The van der Waals surface area contributed by atoms with Gasteiger partial charge in [0.05, 0.1) is 0 Å². The van der Waals surface area contributed by atoms with Crippen LogP contribution in [0, 0.1) is 20.8 Å². The zero-order valence-corrected chi connectivity index (χ0v) is 12.7. The highest BCUT2D eigenvalue weighted by molar-refractivity contribution is 6.30. The number of aromatic nitrogens is 2. The summed E-state index contributed by atoms with van der Waals surface area (Å²) in [7, 11) is 0. The Balaban J connectivity index is 2.31. The van der Waals surface area contributed by atoms with Gasteiger partial charge in [0, 0.05) is 17.7 Å². The summed E-state index contributed by atoms with van der Waals surface area (Å²) in [6.45, 7) is 8.31. The Morgan fingerprint density at radius 2 is 1.79 bits per heavy atom. The van der Waals surface area contributed by atoms with Gasteiger partial charge in [0.25, 0.3) is 0 Å². The summed E-state index contributed by atoms with van der Waals surface area (Å²) in [6, 6.07) is 6.46. The van der Waals surface area contributed by atoms with Crippen molar-refractivity contribution in [2.45, 2.75) is 40.5 Å². The summed E-state index contributed by atoms with van der Waals surface area (Å²) in [4.78, 5) is 8.96.